The summed E-state index contributed by atoms with van der Waals surface area (Å²) >= 11 is 0. The molecule has 0 N–H and O–H groups in total. The van der Waals surface area contributed by atoms with Gasteiger partial charge in [-0.15, -0.1) is 0 Å². The van der Waals surface area contributed by atoms with Crippen molar-refractivity contribution >= 4 is 23.3 Å². The molecule has 18 nitrogen and oxygen atoms in total. The Morgan fingerprint density at radius 2 is 0.861 bits per heavy atom. The number of rotatable bonds is 22. The van der Waals surface area contributed by atoms with Gasteiger partial charge in [0.05, 0.1) is 5.56 Å². The van der Waals surface area contributed by atoms with Crippen LogP contribution in [-0.4, -0.2) is 63.9 Å². The summed E-state index contributed by atoms with van der Waals surface area (Å²) in [7, 11) is 0. The maximum absolute atomic E-state index is 12.2. The molecule has 0 saturated heterocycles. The van der Waals surface area contributed by atoms with Crippen molar-refractivity contribution < 1.29 is 46.7 Å². The summed E-state index contributed by atoms with van der Waals surface area (Å²) in [5, 5.41) is 16.4. The summed E-state index contributed by atoms with van der Waals surface area (Å²) < 4.78 is 32.3. The number of carbonyl (C=O) groups excluding carboxylic acids is 4. The van der Waals surface area contributed by atoms with Gasteiger partial charge in [-0.05, 0) is 116 Å². The fourth-order valence-corrected chi connectivity index (χ4v) is 10.7. The van der Waals surface area contributed by atoms with Gasteiger partial charge in [-0.25, -0.2) is 9.78 Å². The van der Waals surface area contributed by atoms with Crippen molar-refractivity contribution in [1.29, 1.82) is 0 Å². The van der Waals surface area contributed by atoms with Gasteiger partial charge < -0.3 is 27.6 Å². The summed E-state index contributed by atoms with van der Waals surface area (Å²) in [5.41, 5.74) is 16.9. The Hall–Kier alpha value is -12.2. The third-order valence-corrected chi connectivity index (χ3v) is 16.3. The van der Waals surface area contributed by atoms with Gasteiger partial charge in [0, 0.05) is 151 Å². The van der Waals surface area contributed by atoms with Crippen LogP contribution in [0.1, 0.15) is 145 Å². The fraction of sp³-hybridized carbons (Fsp3) is 0.205. The van der Waals surface area contributed by atoms with Crippen LogP contribution in [0.4, 0.5) is 0 Å². The molecule has 0 unspecified atom stereocenters. The molecule has 0 spiro atoms. The maximum atomic E-state index is 12.2. The number of Topliss-reactive ketones (excluding diaryl/α,β-unsaturated/α-hetero) is 3. The number of aryl methyl sites for hydroxylation is 8. The lowest BCUT2D eigenvalue weighted by atomic mass is 9.86. The molecular weight excluding hydrogens is 1270 g/mol. The number of nitrogens with zero attached hydrogens (tertiary/aromatic N) is 8. The Morgan fingerprint density at radius 1 is 0.426 bits per heavy atom. The zero-order valence-electron chi connectivity index (χ0n) is 57.8. The van der Waals surface area contributed by atoms with Crippen LogP contribution in [0, 0.1) is 27.7 Å². The molecule has 18 heteroatoms. The molecule has 8 heterocycles. The number of hydrogen-bond donors (Lipinski definition) is 0. The van der Waals surface area contributed by atoms with Crippen LogP contribution < -0.4 is 4.74 Å². The van der Waals surface area contributed by atoms with Crippen LogP contribution in [-0.2, 0) is 42.4 Å². The van der Waals surface area contributed by atoms with Gasteiger partial charge in [-0.1, -0.05) is 163 Å². The van der Waals surface area contributed by atoms with E-state index < -0.39 is 5.97 Å². The number of ether oxygens (including phenoxy) is 2. The minimum atomic E-state index is -0.503. The van der Waals surface area contributed by atoms with E-state index >= 15 is 0 Å². The van der Waals surface area contributed by atoms with Crippen LogP contribution in [0.3, 0.4) is 0 Å². The molecule has 0 aliphatic rings. The summed E-state index contributed by atoms with van der Waals surface area (Å²) in [6, 6.07) is 59.5. The first-order valence-electron chi connectivity index (χ1n) is 33.2. The van der Waals surface area contributed by atoms with Gasteiger partial charge >= 0.3 is 5.97 Å². The van der Waals surface area contributed by atoms with E-state index in [4.69, 9.17) is 27.6 Å². The lowest BCUT2D eigenvalue weighted by Crippen LogP contribution is -2.10. The molecular formula is C83H78N8O10. The molecule has 0 bridgehead atoms. The van der Waals surface area contributed by atoms with Crippen LogP contribution in [0.5, 0.6) is 11.6 Å². The van der Waals surface area contributed by atoms with Gasteiger partial charge in [0.1, 0.15) is 45.8 Å². The highest BCUT2D eigenvalue weighted by atomic mass is 16.5. The lowest BCUT2D eigenvalue weighted by Gasteiger charge is -2.18. The molecule has 0 radical (unpaired) electrons. The summed E-state index contributed by atoms with van der Waals surface area (Å²) in [5.74, 6) is 3.36. The smallest absolute Gasteiger partial charge is 0.340 e. The monoisotopic (exact) mass is 1350 g/mol. The molecule has 0 saturated carbocycles. The number of hydrogen-bond acceptors (Lipinski definition) is 18. The highest BCUT2D eigenvalue weighted by Crippen LogP contribution is 2.31. The van der Waals surface area contributed by atoms with Crippen molar-refractivity contribution in [2.24, 2.45) is 0 Å². The molecule has 510 valence electrons. The first kappa shape index (κ1) is 71.6. The van der Waals surface area contributed by atoms with E-state index in [1.807, 2.05) is 91.9 Å². The van der Waals surface area contributed by atoms with Gasteiger partial charge in [0.25, 0.3) is 0 Å². The third kappa shape index (κ3) is 20.9. The van der Waals surface area contributed by atoms with E-state index in [0.717, 1.165) is 57.3 Å². The second-order valence-electron chi connectivity index (χ2n) is 25.1. The van der Waals surface area contributed by atoms with Crippen LogP contribution in [0.2, 0.25) is 0 Å². The van der Waals surface area contributed by atoms with E-state index in [1.54, 1.807) is 91.8 Å². The van der Waals surface area contributed by atoms with E-state index in [2.05, 4.69) is 138 Å². The number of aromatic nitrogens is 8. The van der Waals surface area contributed by atoms with E-state index in [9.17, 15) is 19.2 Å². The topological polar surface area (TPSA) is 242 Å². The highest BCUT2D eigenvalue weighted by Gasteiger charge is 2.19. The van der Waals surface area contributed by atoms with E-state index in [0.29, 0.717) is 89.6 Å². The number of benzene rings is 5. The number of ketones is 3. The molecule has 0 fully saturated rings. The minimum Gasteiger partial charge on any atom is -0.454 e. The number of pyridine rings is 4. The predicted molar refractivity (Wildman–Crippen MR) is 385 cm³/mol. The predicted octanol–water partition coefficient (Wildman–Crippen LogP) is 18.6. The van der Waals surface area contributed by atoms with E-state index in [-0.39, 0.29) is 29.4 Å². The summed E-state index contributed by atoms with van der Waals surface area (Å²) in [6.45, 7) is 16.9. The molecule has 13 rings (SSSR count). The fourth-order valence-electron chi connectivity index (χ4n) is 10.7. The number of para-hydroxylation sites is 1. The molecule has 0 aliphatic heterocycles. The summed E-state index contributed by atoms with van der Waals surface area (Å²) in [6.07, 6.45) is 14.9. The van der Waals surface area contributed by atoms with E-state index in [1.165, 1.54) is 39.6 Å². The Morgan fingerprint density at radius 3 is 1.30 bits per heavy atom. The van der Waals surface area contributed by atoms with Crippen molar-refractivity contribution in [3.05, 3.63) is 310 Å². The lowest BCUT2D eigenvalue weighted by molar-refractivity contribution is 0.0436. The Bertz CT molecular complexity index is 4770. The molecule has 0 aliphatic carbocycles. The average molecular weight is 1350 g/mol. The zero-order chi connectivity index (χ0) is 71.1. The Balaban J connectivity index is 0.000000146. The third-order valence-electron chi connectivity index (χ3n) is 16.3. The SMILES string of the molecule is CC(C)(C)c1ccc(-c2cc(CCC(=O)c3cccnc3)on2)cc1.CCc1ccc(-c2cc(CCC(=O)c3cccnc3)on2)cc1.Cc1cc(C)c(-c2cc(CCC(=O)c3cccnc3)on2)c(C)c1.Cc1ccc(-c2cc(COC(=O)c3ccc(Oc4ccccc4)nc3)on2)cc1. The van der Waals surface area contributed by atoms with Crippen LogP contribution >= 0.6 is 0 Å². The molecule has 5 aromatic carbocycles. The second kappa shape index (κ2) is 34.9. The van der Waals surface area contributed by atoms with Crippen molar-refractivity contribution in [1.82, 2.24) is 40.6 Å². The van der Waals surface area contributed by atoms with Gasteiger partial charge in [-0.2, -0.15) is 0 Å². The Labute approximate surface area is 586 Å². The summed E-state index contributed by atoms with van der Waals surface area (Å²) in [4.78, 5) is 64.6. The van der Waals surface area contributed by atoms with Crippen molar-refractivity contribution in [3.8, 4) is 56.7 Å². The van der Waals surface area contributed by atoms with Crippen molar-refractivity contribution in [2.45, 2.75) is 112 Å². The largest absolute Gasteiger partial charge is 0.454 e. The maximum Gasteiger partial charge on any atom is 0.340 e. The second-order valence-corrected chi connectivity index (χ2v) is 25.1. The zero-order valence-corrected chi connectivity index (χ0v) is 57.8. The first-order chi connectivity index (χ1) is 48.9. The molecule has 0 amide bonds. The molecule has 13 aromatic rings. The van der Waals surface area contributed by atoms with Crippen molar-refractivity contribution in [2.75, 3.05) is 0 Å². The molecule has 8 aromatic heterocycles. The quantitative estimate of drug-likeness (QED) is 0.0452. The first-order valence-corrected chi connectivity index (χ1v) is 33.2. The Kier molecular flexibility index (Phi) is 24.7. The highest BCUT2D eigenvalue weighted by molar-refractivity contribution is 5.97. The van der Waals surface area contributed by atoms with Crippen molar-refractivity contribution in [3.63, 3.8) is 0 Å². The van der Waals surface area contributed by atoms with Crippen LogP contribution in [0.25, 0.3) is 45.0 Å². The molecule has 0 atom stereocenters. The minimum absolute atomic E-state index is 0.0139. The number of carbonyl (C=O) groups is 4. The van der Waals surface area contributed by atoms with Gasteiger partial charge in [0.2, 0.25) is 5.88 Å². The number of esters is 1. The van der Waals surface area contributed by atoms with Gasteiger partial charge in [0.15, 0.2) is 29.7 Å². The average Bonchev–Trinajstić information content (AvgIpc) is 1.78. The molecule has 101 heavy (non-hydrogen) atoms. The van der Waals surface area contributed by atoms with Crippen LogP contribution in [0.15, 0.2) is 250 Å². The standard InChI is InChI=1S/C23H18N2O4.C21H22N2O2.C20H20N2O2.C19H18N2O2/c1-16-7-9-17(10-8-16)21-13-20(29-25-21)15-27-23(26)18-11-12-22(24-14-18)28-19-5-3-2-4-6-19;1-21(2,3)17-8-6-15(7-9-17)19-13-18(25-23-19)10-11-20(24)16-5-4-12-22-14-16;1-13-9-14(2)20(15(3)10-13)18-11-17(24-22-18)6-7-19(23)16-5-4-8-21-12-16;1-2-14-5-7-15(8-6-14)18-12-17(23-21-18)9-10-19(22)16-4-3-11-20-13-16/h2-14H,15H2,1H3;4-9,12-14H,10-11H2,1-3H3;4-5,8-12H,6-7H2,1-3H3;3-8,11-13H,2,9-10H2,1H3. The normalized spacial score (nSPS) is 10.9. The van der Waals surface area contributed by atoms with Gasteiger partial charge in [-0.3, -0.25) is 29.3 Å².